The minimum absolute atomic E-state index is 0.00878. The lowest BCUT2D eigenvalue weighted by atomic mass is 10.1. The van der Waals surface area contributed by atoms with Crippen molar-refractivity contribution in [2.75, 3.05) is 38.7 Å². The molecule has 7 nitrogen and oxygen atoms in total. The van der Waals surface area contributed by atoms with E-state index in [-0.39, 0.29) is 17.9 Å². The summed E-state index contributed by atoms with van der Waals surface area (Å²) in [4.78, 5) is 16.3. The van der Waals surface area contributed by atoms with E-state index in [2.05, 4.69) is 20.9 Å². The molecular weight excluding hydrogens is 368 g/mol. The molecule has 7 heteroatoms. The van der Waals surface area contributed by atoms with Gasteiger partial charge in [0, 0.05) is 45.0 Å². The van der Waals surface area contributed by atoms with Gasteiger partial charge >= 0.3 is 0 Å². The second-order valence-corrected chi connectivity index (χ2v) is 7.41. The Balaban J connectivity index is 1.65. The maximum absolute atomic E-state index is 12.1. The van der Waals surface area contributed by atoms with Gasteiger partial charge in [-0.2, -0.15) is 0 Å². The number of anilines is 1. The fourth-order valence-corrected chi connectivity index (χ4v) is 2.99. The molecule has 2 rings (SSSR count). The van der Waals surface area contributed by atoms with Gasteiger partial charge in [-0.3, -0.25) is 9.79 Å². The number of rotatable bonds is 11. The van der Waals surface area contributed by atoms with Crippen molar-refractivity contribution in [2.24, 2.45) is 10.9 Å². The lowest BCUT2D eigenvalue weighted by Crippen LogP contribution is -2.37. The van der Waals surface area contributed by atoms with Crippen molar-refractivity contribution in [3.63, 3.8) is 0 Å². The Morgan fingerprint density at radius 2 is 2.24 bits per heavy atom. The maximum Gasteiger partial charge on any atom is 0.227 e. The van der Waals surface area contributed by atoms with Gasteiger partial charge in [-0.25, -0.2) is 0 Å². The number of nitrogens with zero attached hydrogens (tertiary/aromatic N) is 1. The summed E-state index contributed by atoms with van der Waals surface area (Å²) >= 11 is 0. The van der Waals surface area contributed by atoms with Crippen LogP contribution in [0.4, 0.5) is 5.69 Å². The molecule has 2 atom stereocenters. The summed E-state index contributed by atoms with van der Waals surface area (Å²) in [5.74, 6) is 0.810. The Kier molecular flexibility index (Phi) is 10.5. The molecule has 0 saturated carbocycles. The standard InChI is InChI=1S/C22H36N4O3/c1-4-17(2)21(27)26-19-9-5-8-18(14-19)15-25-22(23-3)24-11-7-12-28-16-20-10-6-13-29-20/h5,8-9,14,17,20H,4,6-7,10-13,15-16H2,1-3H3,(H,26,27)(H2,23,24,25). The molecular formula is C22H36N4O3. The zero-order valence-electron chi connectivity index (χ0n) is 18.0. The first kappa shape index (κ1) is 23.2. The Labute approximate surface area is 174 Å². The average Bonchev–Trinajstić information content (AvgIpc) is 3.25. The van der Waals surface area contributed by atoms with Gasteiger partial charge < -0.3 is 25.4 Å². The van der Waals surface area contributed by atoms with Gasteiger partial charge in [-0.05, 0) is 43.4 Å². The van der Waals surface area contributed by atoms with E-state index < -0.39 is 0 Å². The fraction of sp³-hybridized carbons (Fsp3) is 0.636. The molecule has 1 aromatic rings. The van der Waals surface area contributed by atoms with E-state index in [1.165, 1.54) is 0 Å². The van der Waals surface area contributed by atoms with Crippen molar-refractivity contribution < 1.29 is 14.3 Å². The fourth-order valence-electron chi connectivity index (χ4n) is 2.99. The summed E-state index contributed by atoms with van der Waals surface area (Å²) in [6.45, 7) is 7.63. The van der Waals surface area contributed by atoms with E-state index in [0.717, 1.165) is 56.0 Å². The van der Waals surface area contributed by atoms with E-state index in [0.29, 0.717) is 19.8 Å². The highest BCUT2D eigenvalue weighted by Crippen LogP contribution is 2.13. The van der Waals surface area contributed by atoms with E-state index in [1.807, 2.05) is 38.1 Å². The van der Waals surface area contributed by atoms with Crippen molar-refractivity contribution in [1.82, 2.24) is 10.6 Å². The third-order valence-corrected chi connectivity index (χ3v) is 5.02. The first-order valence-electron chi connectivity index (χ1n) is 10.7. The lowest BCUT2D eigenvalue weighted by molar-refractivity contribution is -0.119. The molecule has 0 aromatic heterocycles. The van der Waals surface area contributed by atoms with Gasteiger partial charge in [0.1, 0.15) is 0 Å². The van der Waals surface area contributed by atoms with Crippen molar-refractivity contribution in [3.8, 4) is 0 Å². The molecule has 162 valence electrons. The highest BCUT2D eigenvalue weighted by molar-refractivity contribution is 5.92. The second-order valence-electron chi connectivity index (χ2n) is 7.41. The van der Waals surface area contributed by atoms with Crippen LogP contribution < -0.4 is 16.0 Å². The van der Waals surface area contributed by atoms with Gasteiger partial charge in [0.25, 0.3) is 0 Å². The van der Waals surface area contributed by atoms with Crippen molar-refractivity contribution in [1.29, 1.82) is 0 Å². The monoisotopic (exact) mass is 404 g/mol. The number of hydrogen-bond donors (Lipinski definition) is 3. The highest BCUT2D eigenvalue weighted by Gasteiger charge is 2.15. The van der Waals surface area contributed by atoms with Crippen LogP contribution in [0.15, 0.2) is 29.3 Å². The zero-order valence-corrected chi connectivity index (χ0v) is 18.0. The summed E-state index contributed by atoms with van der Waals surface area (Å²) in [5.41, 5.74) is 1.90. The largest absolute Gasteiger partial charge is 0.379 e. The molecule has 29 heavy (non-hydrogen) atoms. The highest BCUT2D eigenvalue weighted by atomic mass is 16.5. The predicted molar refractivity (Wildman–Crippen MR) is 117 cm³/mol. The molecule has 1 fully saturated rings. The van der Waals surface area contributed by atoms with Crippen molar-refractivity contribution in [3.05, 3.63) is 29.8 Å². The first-order valence-corrected chi connectivity index (χ1v) is 10.7. The van der Waals surface area contributed by atoms with E-state index in [1.54, 1.807) is 7.05 Å². The molecule has 0 aliphatic carbocycles. The van der Waals surface area contributed by atoms with Crippen molar-refractivity contribution in [2.45, 2.75) is 52.2 Å². The molecule has 1 amide bonds. The van der Waals surface area contributed by atoms with Gasteiger partial charge in [0.15, 0.2) is 5.96 Å². The Bertz CT molecular complexity index is 645. The van der Waals surface area contributed by atoms with Crippen LogP contribution in [-0.4, -0.2) is 51.4 Å². The summed E-state index contributed by atoms with van der Waals surface area (Å²) in [6.07, 6.45) is 4.27. The molecule has 1 saturated heterocycles. The van der Waals surface area contributed by atoms with Crippen LogP contribution in [0, 0.1) is 5.92 Å². The number of hydrogen-bond acceptors (Lipinski definition) is 4. The maximum atomic E-state index is 12.1. The molecule has 0 spiro atoms. The normalized spacial score (nSPS) is 17.8. The first-order chi connectivity index (χ1) is 14.1. The van der Waals surface area contributed by atoms with Crippen LogP contribution in [0.3, 0.4) is 0 Å². The molecule has 1 aliphatic rings. The molecule has 1 heterocycles. The number of carbonyl (C=O) groups is 1. The van der Waals surface area contributed by atoms with Crippen LogP contribution in [-0.2, 0) is 20.8 Å². The van der Waals surface area contributed by atoms with E-state index >= 15 is 0 Å². The zero-order chi connectivity index (χ0) is 20.9. The summed E-state index contributed by atoms with van der Waals surface area (Å²) in [7, 11) is 1.76. The number of ether oxygens (including phenoxy) is 2. The van der Waals surface area contributed by atoms with Gasteiger partial charge in [-0.1, -0.05) is 26.0 Å². The number of aliphatic imine (C=N–C) groups is 1. The Morgan fingerprint density at radius 3 is 2.97 bits per heavy atom. The van der Waals surface area contributed by atoms with Crippen LogP contribution in [0.2, 0.25) is 0 Å². The van der Waals surface area contributed by atoms with Gasteiger partial charge in [-0.15, -0.1) is 0 Å². The SMILES string of the molecule is CCC(C)C(=O)Nc1cccc(CNC(=NC)NCCCOCC2CCCO2)c1. The summed E-state index contributed by atoms with van der Waals surface area (Å²) in [6, 6.07) is 7.87. The lowest BCUT2D eigenvalue weighted by Gasteiger charge is -2.14. The van der Waals surface area contributed by atoms with Crippen molar-refractivity contribution >= 4 is 17.6 Å². The predicted octanol–water partition coefficient (Wildman–Crippen LogP) is 2.92. The molecule has 1 aliphatic heterocycles. The number of nitrogens with one attached hydrogen (secondary N) is 3. The average molecular weight is 405 g/mol. The minimum Gasteiger partial charge on any atom is -0.379 e. The second kappa shape index (κ2) is 13.2. The molecule has 2 unspecified atom stereocenters. The third-order valence-electron chi connectivity index (χ3n) is 5.02. The summed E-state index contributed by atoms with van der Waals surface area (Å²) in [5, 5.41) is 9.57. The van der Waals surface area contributed by atoms with Crippen LogP contribution >= 0.6 is 0 Å². The number of amides is 1. The van der Waals surface area contributed by atoms with Crippen LogP contribution in [0.25, 0.3) is 0 Å². The smallest absolute Gasteiger partial charge is 0.227 e. The van der Waals surface area contributed by atoms with Crippen LogP contribution in [0.1, 0.15) is 45.1 Å². The topological polar surface area (TPSA) is 84.0 Å². The third kappa shape index (κ3) is 8.83. The number of guanidine groups is 1. The molecule has 0 bridgehead atoms. The quantitative estimate of drug-likeness (QED) is 0.300. The van der Waals surface area contributed by atoms with Gasteiger partial charge in [0.05, 0.1) is 12.7 Å². The van der Waals surface area contributed by atoms with E-state index in [9.17, 15) is 4.79 Å². The number of benzene rings is 1. The van der Waals surface area contributed by atoms with E-state index in [4.69, 9.17) is 9.47 Å². The van der Waals surface area contributed by atoms with Gasteiger partial charge in [0.2, 0.25) is 5.91 Å². The molecule has 0 radical (unpaired) electrons. The molecule has 1 aromatic carbocycles. The Hall–Kier alpha value is -2.12. The summed E-state index contributed by atoms with van der Waals surface area (Å²) < 4.78 is 11.2. The van der Waals surface area contributed by atoms with Crippen LogP contribution in [0.5, 0.6) is 0 Å². The Morgan fingerprint density at radius 1 is 1.38 bits per heavy atom. The number of carbonyl (C=O) groups excluding carboxylic acids is 1. The minimum atomic E-state index is 0.00878. The molecule has 3 N–H and O–H groups in total.